The number of benzene rings is 1. The highest BCUT2D eigenvalue weighted by Gasteiger charge is 2.31. The molecule has 0 radical (unpaired) electrons. The highest BCUT2D eigenvalue weighted by atomic mass is 16.5. The molecule has 2 aromatic rings. The van der Waals surface area contributed by atoms with Crippen LogP contribution >= 0.6 is 0 Å². The van der Waals surface area contributed by atoms with Gasteiger partial charge in [-0.05, 0) is 49.9 Å². The summed E-state index contributed by atoms with van der Waals surface area (Å²) in [5, 5.41) is 6.96. The number of hydrogen-bond acceptors (Lipinski definition) is 6. The lowest BCUT2D eigenvalue weighted by atomic mass is 10.1. The summed E-state index contributed by atoms with van der Waals surface area (Å²) in [5.41, 5.74) is 6.55. The van der Waals surface area contributed by atoms with Crippen LogP contribution in [-0.2, 0) is 11.2 Å². The summed E-state index contributed by atoms with van der Waals surface area (Å²) in [6, 6.07) is 7.59. The van der Waals surface area contributed by atoms with Crippen LogP contribution in [0.25, 0.3) is 11.4 Å². The van der Waals surface area contributed by atoms with Crippen molar-refractivity contribution in [3.8, 4) is 17.1 Å². The maximum Gasteiger partial charge on any atom is 0.227 e. The van der Waals surface area contributed by atoms with Crippen LogP contribution in [0.4, 0.5) is 0 Å². The van der Waals surface area contributed by atoms with E-state index in [2.05, 4.69) is 15.5 Å². The number of nitrogens with one attached hydrogen (secondary N) is 1. The summed E-state index contributed by atoms with van der Waals surface area (Å²) < 4.78 is 10.7. The molecule has 1 aromatic heterocycles. The first-order chi connectivity index (χ1) is 12.2. The number of nitrogens with two attached hydrogens (primary N) is 1. The van der Waals surface area contributed by atoms with Crippen molar-refractivity contribution in [1.29, 1.82) is 0 Å². The standard InChI is InChI=1S/C18H24N4O3/c1-2-24-14-7-5-13(6-8-14)18-21-17(25-22-18)10-9-16(23)20-15(11-19)12-3-4-12/h5-8,12,15H,2-4,9-11,19H2,1H3,(H,20,23). The summed E-state index contributed by atoms with van der Waals surface area (Å²) in [6.45, 7) is 3.05. The predicted octanol–water partition coefficient (Wildman–Crippen LogP) is 1.92. The van der Waals surface area contributed by atoms with Crippen molar-refractivity contribution in [2.45, 2.75) is 38.6 Å². The third-order valence-electron chi connectivity index (χ3n) is 4.25. The van der Waals surface area contributed by atoms with Crippen molar-refractivity contribution in [2.75, 3.05) is 13.2 Å². The van der Waals surface area contributed by atoms with Gasteiger partial charge in [-0.3, -0.25) is 4.79 Å². The lowest BCUT2D eigenvalue weighted by Crippen LogP contribution is -2.41. The Kier molecular flexibility index (Phi) is 5.65. The summed E-state index contributed by atoms with van der Waals surface area (Å²) in [4.78, 5) is 16.4. The Labute approximate surface area is 146 Å². The van der Waals surface area contributed by atoms with Gasteiger partial charge in [-0.1, -0.05) is 5.16 Å². The van der Waals surface area contributed by atoms with Crippen molar-refractivity contribution in [2.24, 2.45) is 11.7 Å². The number of carbonyl (C=O) groups excluding carboxylic acids is 1. The SMILES string of the molecule is CCOc1ccc(-c2noc(CCC(=O)NC(CN)C3CC3)n2)cc1. The molecule has 3 rings (SSSR count). The number of aromatic nitrogens is 2. The molecule has 7 nitrogen and oxygen atoms in total. The van der Waals surface area contributed by atoms with Gasteiger partial charge in [0.15, 0.2) is 0 Å². The van der Waals surface area contributed by atoms with E-state index in [1.165, 1.54) is 0 Å². The predicted molar refractivity (Wildman–Crippen MR) is 92.9 cm³/mol. The average molecular weight is 344 g/mol. The molecule has 1 aromatic carbocycles. The van der Waals surface area contributed by atoms with Crippen LogP contribution in [0.15, 0.2) is 28.8 Å². The van der Waals surface area contributed by atoms with E-state index in [4.69, 9.17) is 15.0 Å². The van der Waals surface area contributed by atoms with Crippen LogP contribution in [0.5, 0.6) is 5.75 Å². The molecule has 1 unspecified atom stereocenters. The zero-order chi connectivity index (χ0) is 17.6. The van der Waals surface area contributed by atoms with Crippen LogP contribution < -0.4 is 15.8 Å². The van der Waals surface area contributed by atoms with Crippen LogP contribution in [0.3, 0.4) is 0 Å². The molecule has 1 saturated carbocycles. The van der Waals surface area contributed by atoms with Gasteiger partial charge < -0.3 is 20.3 Å². The van der Waals surface area contributed by atoms with Gasteiger partial charge in [0, 0.05) is 31.0 Å². The zero-order valence-corrected chi connectivity index (χ0v) is 14.4. The third kappa shape index (κ3) is 4.79. The second kappa shape index (κ2) is 8.11. The minimum absolute atomic E-state index is 0.0248. The number of carbonyl (C=O) groups is 1. The van der Waals surface area contributed by atoms with Crippen LogP contribution in [0.1, 0.15) is 32.1 Å². The fourth-order valence-corrected chi connectivity index (χ4v) is 2.71. The zero-order valence-electron chi connectivity index (χ0n) is 14.4. The molecule has 0 spiro atoms. The number of rotatable bonds is 9. The first-order valence-corrected chi connectivity index (χ1v) is 8.75. The van der Waals surface area contributed by atoms with E-state index in [-0.39, 0.29) is 11.9 Å². The molecule has 1 aliphatic rings. The van der Waals surface area contributed by atoms with E-state index in [1.54, 1.807) is 0 Å². The van der Waals surface area contributed by atoms with Crippen molar-refractivity contribution in [1.82, 2.24) is 15.5 Å². The van der Waals surface area contributed by atoms with E-state index in [0.29, 0.717) is 43.6 Å². The normalized spacial score (nSPS) is 15.0. The molecule has 0 bridgehead atoms. The minimum Gasteiger partial charge on any atom is -0.494 e. The minimum atomic E-state index is -0.0248. The monoisotopic (exact) mass is 344 g/mol. The fraction of sp³-hybridized carbons (Fsp3) is 0.500. The Morgan fingerprint density at radius 3 is 2.80 bits per heavy atom. The molecule has 1 fully saturated rings. The number of nitrogens with zero attached hydrogens (tertiary/aromatic N) is 2. The van der Waals surface area contributed by atoms with Crippen molar-refractivity contribution in [3.63, 3.8) is 0 Å². The van der Waals surface area contributed by atoms with E-state index in [0.717, 1.165) is 24.2 Å². The average Bonchev–Trinajstić information content (AvgIpc) is 3.36. The Morgan fingerprint density at radius 2 is 2.16 bits per heavy atom. The first kappa shape index (κ1) is 17.4. The van der Waals surface area contributed by atoms with Gasteiger partial charge in [-0.25, -0.2) is 0 Å². The molecule has 1 aliphatic carbocycles. The van der Waals surface area contributed by atoms with Gasteiger partial charge in [0.2, 0.25) is 17.6 Å². The van der Waals surface area contributed by atoms with E-state index in [9.17, 15) is 4.79 Å². The molecular weight excluding hydrogens is 320 g/mol. The molecule has 25 heavy (non-hydrogen) atoms. The molecule has 0 aliphatic heterocycles. The van der Waals surface area contributed by atoms with Gasteiger partial charge in [0.25, 0.3) is 0 Å². The van der Waals surface area contributed by atoms with Gasteiger partial charge >= 0.3 is 0 Å². The molecule has 1 atom stereocenters. The number of ether oxygens (including phenoxy) is 1. The van der Waals surface area contributed by atoms with Crippen LogP contribution in [0.2, 0.25) is 0 Å². The molecule has 1 heterocycles. The van der Waals surface area contributed by atoms with E-state index >= 15 is 0 Å². The second-order valence-electron chi connectivity index (χ2n) is 6.22. The molecular formula is C18H24N4O3. The Hall–Kier alpha value is -2.41. The van der Waals surface area contributed by atoms with E-state index < -0.39 is 0 Å². The van der Waals surface area contributed by atoms with Gasteiger partial charge in [0.05, 0.1) is 6.61 Å². The van der Waals surface area contributed by atoms with Crippen molar-refractivity contribution >= 4 is 5.91 Å². The molecule has 0 saturated heterocycles. The van der Waals surface area contributed by atoms with E-state index in [1.807, 2.05) is 31.2 Å². The summed E-state index contributed by atoms with van der Waals surface area (Å²) in [5.74, 6) is 2.29. The van der Waals surface area contributed by atoms with Crippen molar-refractivity contribution < 1.29 is 14.1 Å². The summed E-state index contributed by atoms with van der Waals surface area (Å²) in [6.07, 6.45) is 3.03. The summed E-state index contributed by atoms with van der Waals surface area (Å²) >= 11 is 0. The molecule has 1 amide bonds. The Morgan fingerprint density at radius 1 is 1.40 bits per heavy atom. The van der Waals surface area contributed by atoms with Gasteiger partial charge in [-0.15, -0.1) is 0 Å². The Balaban J connectivity index is 1.51. The smallest absolute Gasteiger partial charge is 0.227 e. The topological polar surface area (TPSA) is 103 Å². The lowest BCUT2D eigenvalue weighted by Gasteiger charge is -2.15. The largest absolute Gasteiger partial charge is 0.494 e. The first-order valence-electron chi connectivity index (χ1n) is 8.75. The fourth-order valence-electron chi connectivity index (χ4n) is 2.71. The molecule has 7 heteroatoms. The number of aryl methyl sites for hydroxylation is 1. The maximum absolute atomic E-state index is 12.0. The van der Waals surface area contributed by atoms with Crippen molar-refractivity contribution in [3.05, 3.63) is 30.2 Å². The quantitative estimate of drug-likeness (QED) is 0.720. The second-order valence-corrected chi connectivity index (χ2v) is 6.22. The van der Waals surface area contributed by atoms with Gasteiger partial charge in [0.1, 0.15) is 5.75 Å². The lowest BCUT2D eigenvalue weighted by molar-refractivity contribution is -0.121. The third-order valence-corrected chi connectivity index (χ3v) is 4.25. The molecule has 3 N–H and O–H groups in total. The summed E-state index contributed by atoms with van der Waals surface area (Å²) in [7, 11) is 0. The van der Waals surface area contributed by atoms with Crippen LogP contribution in [-0.4, -0.2) is 35.2 Å². The maximum atomic E-state index is 12.0. The number of hydrogen-bond donors (Lipinski definition) is 2. The highest BCUT2D eigenvalue weighted by molar-refractivity contribution is 5.76. The Bertz CT molecular complexity index is 695. The number of amides is 1. The molecule has 134 valence electrons. The highest BCUT2D eigenvalue weighted by Crippen LogP contribution is 2.32. The van der Waals surface area contributed by atoms with Gasteiger partial charge in [-0.2, -0.15) is 4.98 Å². The van der Waals surface area contributed by atoms with Crippen LogP contribution in [0, 0.1) is 5.92 Å².